The Balaban J connectivity index is 1.94. The van der Waals surface area contributed by atoms with Crippen molar-refractivity contribution in [3.8, 4) is 0 Å². The second-order valence-corrected chi connectivity index (χ2v) is 4.45. The molecule has 2 aromatic rings. The van der Waals surface area contributed by atoms with E-state index in [1.807, 2.05) is 36.4 Å². The molecule has 0 radical (unpaired) electrons. The molecule has 17 heavy (non-hydrogen) atoms. The fraction of sp³-hybridized carbons (Fsp3) is 0.143. The van der Waals surface area contributed by atoms with Crippen molar-refractivity contribution in [3.63, 3.8) is 0 Å². The normalized spacial score (nSPS) is 17.5. The fourth-order valence-electron chi connectivity index (χ4n) is 2.40. The monoisotopic (exact) mass is 225 g/mol. The zero-order valence-corrected chi connectivity index (χ0v) is 9.48. The number of fused-ring (bicyclic) bond motifs is 1. The van der Waals surface area contributed by atoms with E-state index in [1.165, 1.54) is 5.56 Å². The molecule has 1 aliphatic rings. The summed E-state index contributed by atoms with van der Waals surface area (Å²) in [6.07, 6.45) is 0.939. The first kappa shape index (κ1) is 10.0. The highest BCUT2D eigenvalue weighted by Crippen LogP contribution is 2.36. The van der Waals surface area contributed by atoms with Gasteiger partial charge in [0.15, 0.2) is 0 Å². The molecule has 0 saturated heterocycles. The first-order chi connectivity index (χ1) is 8.24. The van der Waals surface area contributed by atoms with Crippen LogP contribution < -0.4 is 16.8 Å². The minimum atomic E-state index is 0.257. The summed E-state index contributed by atoms with van der Waals surface area (Å²) in [5, 5.41) is 3.48. The smallest absolute Gasteiger partial charge is 0.0575 e. The lowest BCUT2D eigenvalue weighted by Gasteiger charge is -2.13. The Morgan fingerprint density at radius 3 is 2.71 bits per heavy atom. The van der Waals surface area contributed by atoms with Gasteiger partial charge in [0, 0.05) is 17.1 Å². The molecule has 0 amide bonds. The van der Waals surface area contributed by atoms with Crippen molar-refractivity contribution in [2.45, 2.75) is 12.5 Å². The van der Waals surface area contributed by atoms with E-state index in [0.717, 1.165) is 29.0 Å². The molecule has 0 fully saturated rings. The molecule has 5 N–H and O–H groups in total. The Morgan fingerprint density at radius 2 is 1.88 bits per heavy atom. The summed E-state index contributed by atoms with van der Waals surface area (Å²) < 4.78 is 0. The van der Waals surface area contributed by atoms with Crippen molar-refractivity contribution < 1.29 is 0 Å². The molecular formula is C14H15N3. The summed E-state index contributed by atoms with van der Waals surface area (Å²) in [6.45, 7) is 0. The first-order valence-electron chi connectivity index (χ1n) is 5.73. The van der Waals surface area contributed by atoms with Gasteiger partial charge in [0.05, 0.1) is 6.04 Å². The van der Waals surface area contributed by atoms with Crippen molar-refractivity contribution in [3.05, 3.63) is 53.6 Å². The van der Waals surface area contributed by atoms with E-state index >= 15 is 0 Å². The zero-order chi connectivity index (χ0) is 11.8. The van der Waals surface area contributed by atoms with E-state index in [2.05, 4.69) is 11.4 Å². The number of benzene rings is 2. The highest BCUT2D eigenvalue weighted by Gasteiger charge is 2.23. The predicted molar refractivity (Wildman–Crippen MR) is 71.8 cm³/mol. The molecule has 3 heteroatoms. The SMILES string of the molecule is Nc1ccc2c(c1)CC(c1ccccc1N)N2. The molecule has 1 aliphatic heterocycles. The lowest BCUT2D eigenvalue weighted by molar-refractivity contribution is 0.827. The molecule has 3 nitrogen and oxygen atoms in total. The summed E-state index contributed by atoms with van der Waals surface area (Å²) in [5.74, 6) is 0. The number of para-hydroxylation sites is 1. The van der Waals surface area contributed by atoms with E-state index < -0.39 is 0 Å². The molecule has 2 aromatic carbocycles. The van der Waals surface area contributed by atoms with Gasteiger partial charge in [0.25, 0.3) is 0 Å². The Labute approximate surface area is 100 Å². The van der Waals surface area contributed by atoms with Gasteiger partial charge in [-0.05, 0) is 41.8 Å². The molecular weight excluding hydrogens is 210 g/mol. The number of hydrogen-bond acceptors (Lipinski definition) is 3. The van der Waals surface area contributed by atoms with Gasteiger partial charge in [-0.25, -0.2) is 0 Å². The van der Waals surface area contributed by atoms with Gasteiger partial charge < -0.3 is 16.8 Å². The van der Waals surface area contributed by atoms with Crippen LogP contribution in [0.25, 0.3) is 0 Å². The maximum Gasteiger partial charge on any atom is 0.0575 e. The van der Waals surface area contributed by atoms with Gasteiger partial charge in [-0.1, -0.05) is 18.2 Å². The topological polar surface area (TPSA) is 64.1 Å². The summed E-state index contributed by atoms with van der Waals surface area (Å²) in [5.41, 5.74) is 17.0. The molecule has 1 atom stereocenters. The van der Waals surface area contributed by atoms with Crippen molar-refractivity contribution in [1.29, 1.82) is 0 Å². The van der Waals surface area contributed by atoms with Crippen molar-refractivity contribution in [2.75, 3.05) is 16.8 Å². The molecule has 86 valence electrons. The Hall–Kier alpha value is -2.16. The standard InChI is InChI=1S/C14H15N3/c15-10-5-6-13-9(7-10)8-14(17-13)11-3-1-2-4-12(11)16/h1-7,14,17H,8,15-16H2. The van der Waals surface area contributed by atoms with Crippen LogP contribution in [0.3, 0.4) is 0 Å². The van der Waals surface area contributed by atoms with Crippen molar-refractivity contribution >= 4 is 17.1 Å². The fourth-order valence-corrected chi connectivity index (χ4v) is 2.40. The van der Waals surface area contributed by atoms with E-state index in [4.69, 9.17) is 11.5 Å². The number of nitrogens with two attached hydrogens (primary N) is 2. The van der Waals surface area contributed by atoms with Gasteiger partial charge in [-0.15, -0.1) is 0 Å². The number of nitrogen functional groups attached to an aromatic ring is 2. The largest absolute Gasteiger partial charge is 0.399 e. The average molecular weight is 225 g/mol. The molecule has 3 rings (SSSR count). The van der Waals surface area contributed by atoms with Crippen LogP contribution in [0.5, 0.6) is 0 Å². The van der Waals surface area contributed by atoms with E-state index in [1.54, 1.807) is 0 Å². The third-order valence-electron chi connectivity index (χ3n) is 3.25. The highest BCUT2D eigenvalue weighted by molar-refractivity contribution is 5.64. The van der Waals surface area contributed by atoms with Crippen LogP contribution in [0.1, 0.15) is 17.2 Å². The van der Waals surface area contributed by atoms with Crippen LogP contribution in [0, 0.1) is 0 Å². The van der Waals surface area contributed by atoms with E-state index in [9.17, 15) is 0 Å². The Bertz CT molecular complexity index is 563. The lowest BCUT2D eigenvalue weighted by Crippen LogP contribution is -2.08. The molecule has 0 aliphatic carbocycles. The number of nitrogens with one attached hydrogen (secondary N) is 1. The predicted octanol–water partition coefficient (Wildman–Crippen LogP) is 2.56. The lowest BCUT2D eigenvalue weighted by atomic mass is 10.0. The van der Waals surface area contributed by atoms with Crippen molar-refractivity contribution in [2.24, 2.45) is 0 Å². The van der Waals surface area contributed by atoms with Crippen molar-refractivity contribution in [1.82, 2.24) is 0 Å². The number of rotatable bonds is 1. The van der Waals surface area contributed by atoms with Gasteiger partial charge in [0.1, 0.15) is 0 Å². The van der Waals surface area contributed by atoms with E-state index in [-0.39, 0.29) is 6.04 Å². The average Bonchev–Trinajstić information content (AvgIpc) is 2.72. The van der Waals surface area contributed by atoms with Crippen LogP contribution in [-0.4, -0.2) is 0 Å². The van der Waals surface area contributed by atoms with Gasteiger partial charge >= 0.3 is 0 Å². The van der Waals surface area contributed by atoms with Crippen LogP contribution in [-0.2, 0) is 6.42 Å². The van der Waals surface area contributed by atoms with E-state index in [0.29, 0.717) is 0 Å². The minimum Gasteiger partial charge on any atom is -0.399 e. The summed E-state index contributed by atoms with van der Waals surface area (Å²) >= 11 is 0. The second kappa shape index (κ2) is 3.70. The third kappa shape index (κ3) is 1.69. The quantitative estimate of drug-likeness (QED) is 0.653. The number of anilines is 3. The van der Waals surface area contributed by atoms with Crippen LogP contribution >= 0.6 is 0 Å². The molecule has 0 aromatic heterocycles. The van der Waals surface area contributed by atoms with Crippen LogP contribution in [0.15, 0.2) is 42.5 Å². The Kier molecular flexibility index (Phi) is 2.18. The molecule has 1 unspecified atom stereocenters. The minimum absolute atomic E-state index is 0.257. The third-order valence-corrected chi connectivity index (χ3v) is 3.25. The molecule has 0 spiro atoms. The number of hydrogen-bond donors (Lipinski definition) is 3. The first-order valence-corrected chi connectivity index (χ1v) is 5.73. The summed E-state index contributed by atoms with van der Waals surface area (Å²) in [6, 6.07) is 14.2. The maximum absolute atomic E-state index is 6.00. The Morgan fingerprint density at radius 1 is 1.06 bits per heavy atom. The van der Waals surface area contributed by atoms with Gasteiger partial charge in [-0.3, -0.25) is 0 Å². The summed E-state index contributed by atoms with van der Waals surface area (Å²) in [4.78, 5) is 0. The highest BCUT2D eigenvalue weighted by atomic mass is 15.0. The van der Waals surface area contributed by atoms with Gasteiger partial charge in [-0.2, -0.15) is 0 Å². The zero-order valence-electron chi connectivity index (χ0n) is 9.48. The summed E-state index contributed by atoms with van der Waals surface area (Å²) in [7, 11) is 0. The molecule has 0 bridgehead atoms. The molecule has 0 saturated carbocycles. The second-order valence-electron chi connectivity index (χ2n) is 4.45. The van der Waals surface area contributed by atoms with Crippen LogP contribution in [0.4, 0.5) is 17.1 Å². The molecule has 1 heterocycles. The van der Waals surface area contributed by atoms with Crippen LogP contribution in [0.2, 0.25) is 0 Å². The maximum atomic E-state index is 6.00. The van der Waals surface area contributed by atoms with Gasteiger partial charge in [0.2, 0.25) is 0 Å².